The Morgan fingerprint density at radius 2 is 1.67 bits per heavy atom. The maximum absolute atomic E-state index is 13.2. The summed E-state index contributed by atoms with van der Waals surface area (Å²) in [6.07, 6.45) is -4.54. The molecule has 2 aromatic carbocycles. The van der Waals surface area contributed by atoms with Crippen molar-refractivity contribution in [2.24, 2.45) is 0 Å². The Balaban J connectivity index is 2.02. The van der Waals surface area contributed by atoms with Crippen LogP contribution in [-0.4, -0.2) is 0 Å². The Labute approximate surface area is 128 Å². The van der Waals surface area contributed by atoms with E-state index in [1.165, 1.54) is 0 Å². The fourth-order valence-electron chi connectivity index (χ4n) is 1.91. The number of hydrogen-bond acceptors (Lipinski definition) is 1. The molecule has 2 rings (SSSR count). The van der Waals surface area contributed by atoms with E-state index < -0.39 is 17.6 Å². The summed E-state index contributed by atoms with van der Waals surface area (Å²) >= 11 is 3.34. The quantitative estimate of drug-likeness (QED) is 0.764. The van der Waals surface area contributed by atoms with Gasteiger partial charge in [-0.05, 0) is 41.5 Å². The Hall–Kier alpha value is -1.40. The highest BCUT2D eigenvalue weighted by atomic mass is 79.9. The predicted octanol–water partition coefficient (Wildman–Crippen LogP) is 4.90. The molecular weight excluding hydrogens is 350 g/mol. The molecule has 0 amide bonds. The van der Waals surface area contributed by atoms with E-state index in [1.807, 2.05) is 24.3 Å². The first-order valence-corrected chi connectivity index (χ1v) is 6.96. The molecule has 1 nitrogen and oxygen atoms in total. The zero-order valence-electron chi connectivity index (χ0n) is 10.8. The molecule has 0 atom stereocenters. The lowest BCUT2D eigenvalue weighted by Gasteiger charge is -2.10. The van der Waals surface area contributed by atoms with E-state index in [0.29, 0.717) is 12.6 Å². The van der Waals surface area contributed by atoms with Crippen molar-refractivity contribution >= 4 is 15.9 Å². The largest absolute Gasteiger partial charge is 0.416 e. The molecule has 6 heteroatoms. The number of benzene rings is 2. The van der Waals surface area contributed by atoms with Crippen LogP contribution in [0, 0.1) is 5.82 Å². The standard InChI is InChI=1S/C15H12BrF4N/c16-13-3-1-2-10(5-13)8-21-9-11-4-12(15(18,19)20)7-14(17)6-11/h1-7,21H,8-9H2. The Morgan fingerprint density at radius 3 is 2.33 bits per heavy atom. The summed E-state index contributed by atoms with van der Waals surface area (Å²) in [6.45, 7) is 0.644. The number of halogens is 5. The van der Waals surface area contributed by atoms with E-state index in [0.717, 1.165) is 22.2 Å². The van der Waals surface area contributed by atoms with E-state index in [1.54, 1.807) is 0 Å². The lowest BCUT2D eigenvalue weighted by molar-refractivity contribution is -0.137. The van der Waals surface area contributed by atoms with Gasteiger partial charge in [-0.25, -0.2) is 4.39 Å². The number of rotatable bonds is 4. The van der Waals surface area contributed by atoms with Gasteiger partial charge in [0, 0.05) is 17.6 Å². The summed E-state index contributed by atoms with van der Waals surface area (Å²) in [5, 5.41) is 3.00. The van der Waals surface area contributed by atoms with Gasteiger partial charge >= 0.3 is 6.18 Å². The second kappa shape index (κ2) is 6.58. The van der Waals surface area contributed by atoms with Crippen molar-refractivity contribution in [3.05, 3.63) is 69.4 Å². The van der Waals surface area contributed by atoms with E-state index in [9.17, 15) is 17.6 Å². The summed E-state index contributed by atoms with van der Waals surface area (Å²) in [5.74, 6) is -0.885. The van der Waals surface area contributed by atoms with Gasteiger partial charge < -0.3 is 5.32 Å². The Morgan fingerprint density at radius 1 is 0.952 bits per heavy atom. The maximum Gasteiger partial charge on any atom is 0.416 e. The van der Waals surface area contributed by atoms with Crippen LogP contribution in [-0.2, 0) is 19.3 Å². The van der Waals surface area contributed by atoms with Crippen LogP contribution in [0.3, 0.4) is 0 Å². The highest BCUT2D eigenvalue weighted by molar-refractivity contribution is 9.10. The average molecular weight is 362 g/mol. The van der Waals surface area contributed by atoms with Crippen LogP contribution in [0.4, 0.5) is 17.6 Å². The third kappa shape index (κ3) is 4.82. The third-order valence-electron chi connectivity index (χ3n) is 2.83. The van der Waals surface area contributed by atoms with E-state index in [-0.39, 0.29) is 12.1 Å². The highest BCUT2D eigenvalue weighted by Gasteiger charge is 2.31. The van der Waals surface area contributed by atoms with Crippen LogP contribution in [0.5, 0.6) is 0 Å². The number of alkyl halides is 3. The van der Waals surface area contributed by atoms with Crippen molar-refractivity contribution < 1.29 is 17.6 Å². The second-order valence-electron chi connectivity index (χ2n) is 4.58. The molecule has 112 valence electrons. The molecule has 2 aromatic rings. The molecule has 0 aromatic heterocycles. The van der Waals surface area contributed by atoms with Gasteiger partial charge in [-0.1, -0.05) is 28.1 Å². The first-order chi connectivity index (χ1) is 9.84. The van der Waals surface area contributed by atoms with Gasteiger partial charge in [0.05, 0.1) is 5.56 Å². The summed E-state index contributed by atoms with van der Waals surface area (Å²) in [6, 6.07) is 10.1. The fraction of sp³-hybridized carbons (Fsp3) is 0.200. The van der Waals surface area contributed by atoms with Gasteiger partial charge in [0.1, 0.15) is 5.82 Å². The number of hydrogen-bond donors (Lipinski definition) is 1. The third-order valence-corrected chi connectivity index (χ3v) is 3.33. The minimum absolute atomic E-state index is 0.160. The first kappa shape index (κ1) is 16.0. The van der Waals surface area contributed by atoms with Gasteiger partial charge in [-0.3, -0.25) is 0 Å². The van der Waals surface area contributed by atoms with Crippen molar-refractivity contribution in [2.45, 2.75) is 19.3 Å². The topological polar surface area (TPSA) is 12.0 Å². The zero-order chi connectivity index (χ0) is 15.5. The molecule has 21 heavy (non-hydrogen) atoms. The van der Waals surface area contributed by atoms with Gasteiger partial charge in [0.15, 0.2) is 0 Å². The normalized spacial score (nSPS) is 11.7. The smallest absolute Gasteiger partial charge is 0.309 e. The molecular formula is C15H12BrF4N. The molecule has 0 fully saturated rings. The zero-order valence-corrected chi connectivity index (χ0v) is 12.4. The summed E-state index contributed by atoms with van der Waals surface area (Å²) < 4.78 is 51.9. The lowest BCUT2D eigenvalue weighted by atomic mass is 10.1. The number of nitrogens with one attached hydrogen (secondary N) is 1. The lowest BCUT2D eigenvalue weighted by Crippen LogP contribution is -2.14. The molecule has 0 saturated carbocycles. The van der Waals surface area contributed by atoms with Crippen LogP contribution in [0.15, 0.2) is 46.9 Å². The van der Waals surface area contributed by atoms with E-state index in [2.05, 4.69) is 21.2 Å². The van der Waals surface area contributed by atoms with Gasteiger partial charge in [-0.15, -0.1) is 0 Å². The van der Waals surface area contributed by atoms with Gasteiger partial charge in [0.2, 0.25) is 0 Å². The van der Waals surface area contributed by atoms with E-state index in [4.69, 9.17) is 0 Å². The van der Waals surface area contributed by atoms with Crippen molar-refractivity contribution in [3.8, 4) is 0 Å². The van der Waals surface area contributed by atoms with Gasteiger partial charge in [0.25, 0.3) is 0 Å². The maximum atomic E-state index is 13.2. The molecule has 0 heterocycles. The molecule has 0 spiro atoms. The molecule has 0 aliphatic rings. The van der Waals surface area contributed by atoms with Gasteiger partial charge in [-0.2, -0.15) is 13.2 Å². The molecule has 0 unspecified atom stereocenters. The summed E-state index contributed by atoms with van der Waals surface area (Å²) in [4.78, 5) is 0. The predicted molar refractivity (Wildman–Crippen MR) is 76.1 cm³/mol. The van der Waals surface area contributed by atoms with Crippen LogP contribution in [0.25, 0.3) is 0 Å². The van der Waals surface area contributed by atoms with Crippen LogP contribution in [0.1, 0.15) is 16.7 Å². The minimum Gasteiger partial charge on any atom is -0.309 e. The SMILES string of the molecule is Fc1cc(CNCc2cccc(Br)c2)cc(C(F)(F)F)c1. The van der Waals surface area contributed by atoms with Crippen LogP contribution < -0.4 is 5.32 Å². The second-order valence-corrected chi connectivity index (χ2v) is 5.50. The molecule has 0 bridgehead atoms. The Bertz CT molecular complexity index is 625. The molecule has 0 aliphatic heterocycles. The monoisotopic (exact) mass is 361 g/mol. The van der Waals surface area contributed by atoms with Crippen molar-refractivity contribution in [3.63, 3.8) is 0 Å². The fourth-order valence-corrected chi connectivity index (χ4v) is 2.36. The highest BCUT2D eigenvalue weighted by Crippen LogP contribution is 2.30. The molecule has 0 radical (unpaired) electrons. The summed E-state index contributed by atoms with van der Waals surface area (Å²) in [7, 11) is 0. The first-order valence-electron chi connectivity index (χ1n) is 6.16. The van der Waals surface area contributed by atoms with Crippen LogP contribution >= 0.6 is 15.9 Å². The molecule has 0 saturated heterocycles. The van der Waals surface area contributed by atoms with Crippen LogP contribution in [0.2, 0.25) is 0 Å². The molecule has 0 aliphatic carbocycles. The minimum atomic E-state index is -4.54. The molecule has 1 N–H and O–H groups in total. The van der Waals surface area contributed by atoms with Crippen molar-refractivity contribution in [2.75, 3.05) is 0 Å². The summed E-state index contributed by atoms with van der Waals surface area (Å²) in [5.41, 5.74) is 0.274. The Kier molecular flexibility index (Phi) is 5.00. The van der Waals surface area contributed by atoms with Crippen molar-refractivity contribution in [1.29, 1.82) is 0 Å². The van der Waals surface area contributed by atoms with E-state index >= 15 is 0 Å². The average Bonchev–Trinajstić information content (AvgIpc) is 2.37. The van der Waals surface area contributed by atoms with Crippen molar-refractivity contribution in [1.82, 2.24) is 5.32 Å².